The number of fused-ring (bicyclic) bond motifs is 1. The van der Waals surface area contributed by atoms with Gasteiger partial charge < -0.3 is 29.0 Å². The Labute approximate surface area is 355 Å². The maximum atomic E-state index is 11.5. The van der Waals surface area contributed by atoms with Crippen molar-refractivity contribution < 1.29 is 88.9 Å². The Balaban J connectivity index is -0.000000676. The monoisotopic (exact) mass is 857 g/mol. The van der Waals surface area contributed by atoms with Crippen molar-refractivity contribution in [3.8, 4) is 0 Å². The molecule has 0 fully saturated rings. The number of benzene rings is 3. The number of aromatic nitrogens is 1. The zero-order chi connectivity index (χ0) is 41.9. The number of carbonyl (C=O) groups is 5. The van der Waals surface area contributed by atoms with Gasteiger partial charge >= 0.3 is 53.4 Å². The van der Waals surface area contributed by atoms with Crippen LogP contribution < -0.4 is 34.7 Å². The summed E-state index contributed by atoms with van der Waals surface area (Å²) in [7, 11) is 0. The van der Waals surface area contributed by atoms with E-state index in [9.17, 15) is 44.2 Å². The van der Waals surface area contributed by atoms with Crippen LogP contribution in [0.5, 0.6) is 0 Å². The third-order valence-electron chi connectivity index (χ3n) is 6.15. The Kier molecular flexibility index (Phi) is 28.7. The summed E-state index contributed by atoms with van der Waals surface area (Å²) in [6.07, 6.45) is -0.345. The van der Waals surface area contributed by atoms with E-state index in [0.717, 1.165) is 10.9 Å². The summed E-state index contributed by atoms with van der Waals surface area (Å²) in [5.41, 5.74) is 2.32. The molecule has 0 bridgehead atoms. The van der Waals surface area contributed by atoms with E-state index in [-0.39, 0.29) is 91.7 Å². The SMILES string of the molecule is CCOC(=O)C(=O)Cc1ccc(Br)cc1[N+](=O)[O-].CCOC(=O)C(=O)OCC.CCOC(=O)c1cc2ccccc2[nH]1.CC[O-].Cc1ccccc1[N+](=O)[O-].[HH].[Na+]. The van der Waals surface area contributed by atoms with Crippen molar-refractivity contribution in [1.29, 1.82) is 0 Å². The van der Waals surface area contributed by atoms with Crippen LogP contribution in [-0.2, 0) is 44.5 Å². The quantitative estimate of drug-likeness (QED) is 0.0602. The van der Waals surface area contributed by atoms with Gasteiger partial charge in [0.1, 0.15) is 5.69 Å². The van der Waals surface area contributed by atoms with Crippen LogP contribution in [0.2, 0.25) is 0 Å². The van der Waals surface area contributed by atoms with Crippen LogP contribution in [0, 0.1) is 27.2 Å². The normalized spacial score (nSPS) is 9.29. The third kappa shape index (κ3) is 20.6. The Hall–Kier alpha value is -5.01. The number of carbonyl (C=O) groups excluding carboxylic acids is 5. The van der Waals surface area contributed by atoms with Crippen LogP contribution in [0.1, 0.15) is 57.7 Å². The summed E-state index contributed by atoms with van der Waals surface area (Å²) in [5, 5.41) is 31.0. The van der Waals surface area contributed by atoms with Crippen molar-refractivity contribution in [2.45, 2.75) is 48.0 Å². The first kappa shape index (κ1) is 53.1. The number of nitrogens with one attached hydrogen (secondary N) is 1. The number of para-hydroxylation sites is 2. The van der Waals surface area contributed by atoms with Crippen molar-refractivity contribution in [3.63, 3.8) is 0 Å². The Bertz CT molecular complexity index is 1840. The number of hydrogen-bond donors (Lipinski definition) is 1. The van der Waals surface area contributed by atoms with Crippen LogP contribution in [0.25, 0.3) is 10.9 Å². The second-order valence-corrected chi connectivity index (χ2v) is 11.0. The van der Waals surface area contributed by atoms with Crippen LogP contribution in [0.3, 0.4) is 0 Å². The van der Waals surface area contributed by atoms with Crippen LogP contribution >= 0.6 is 15.9 Å². The van der Waals surface area contributed by atoms with E-state index in [1.54, 1.807) is 71.9 Å². The molecule has 0 aliphatic heterocycles. The molecule has 0 spiro atoms. The Morgan fingerprint density at radius 1 is 0.696 bits per heavy atom. The van der Waals surface area contributed by atoms with Gasteiger partial charge in [-0.1, -0.05) is 65.3 Å². The fraction of sp³-hybridized carbons (Fsp3) is 0.324. The van der Waals surface area contributed by atoms with Gasteiger partial charge in [0, 0.05) is 46.5 Å². The molecule has 4 aromatic rings. The number of aromatic amines is 1. The van der Waals surface area contributed by atoms with Crippen molar-refractivity contribution in [1.82, 2.24) is 4.98 Å². The smallest absolute Gasteiger partial charge is 0.855 e. The summed E-state index contributed by atoms with van der Waals surface area (Å²) in [4.78, 5) is 77.9. The molecule has 0 saturated heterocycles. The predicted octanol–water partition coefficient (Wildman–Crippen LogP) is 3.01. The number of Topliss-reactive ketones (excluding diaryl/α,β-unsaturated/α-hetero) is 1. The number of ether oxygens (including phenoxy) is 4. The van der Waals surface area contributed by atoms with Gasteiger partial charge in [-0.25, -0.2) is 19.2 Å². The maximum Gasteiger partial charge on any atom is 1.00 e. The molecule has 0 saturated carbocycles. The van der Waals surface area contributed by atoms with Crippen molar-refractivity contribution in [2.75, 3.05) is 33.0 Å². The molecule has 0 atom stereocenters. The first-order valence-electron chi connectivity index (χ1n) is 16.6. The molecule has 0 radical (unpaired) electrons. The molecule has 1 aromatic heterocycles. The topological polar surface area (TPSA) is 247 Å². The number of halogens is 1. The average Bonchev–Trinajstić information content (AvgIpc) is 3.59. The van der Waals surface area contributed by atoms with Crippen molar-refractivity contribution in [2.24, 2.45) is 0 Å². The molecule has 1 N–H and O–H groups in total. The Morgan fingerprint density at radius 3 is 1.64 bits per heavy atom. The molecule has 0 aliphatic carbocycles. The van der Waals surface area contributed by atoms with E-state index < -0.39 is 28.6 Å². The fourth-order valence-electron chi connectivity index (χ4n) is 3.85. The maximum absolute atomic E-state index is 11.5. The zero-order valence-corrected chi connectivity index (χ0v) is 35.7. The predicted molar refractivity (Wildman–Crippen MR) is 204 cm³/mol. The molecular formula is C37H45BrN3NaO14. The van der Waals surface area contributed by atoms with Gasteiger partial charge in [-0.2, -0.15) is 0 Å². The van der Waals surface area contributed by atoms with Gasteiger partial charge in [0.2, 0.25) is 5.78 Å². The van der Waals surface area contributed by atoms with Gasteiger partial charge in [0.15, 0.2) is 0 Å². The van der Waals surface area contributed by atoms with Gasteiger partial charge in [-0.3, -0.25) is 25.0 Å². The minimum absolute atomic E-state index is 0. The van der Waals surface area contributed by atoms with E-state index in [4.69, 9.17) is 9.84 Å². The second kappa shape index (κ2) is 30.2. The molecule has 17 nitrogen and oxygen atoms in total. The van der Waals surface area contributed by atoms with E-state index in [1.807, 2.05) is 24.3 Å². The molecule has 0 aliphatic rings. The van der Waals surface area contributed by atoms with Crippen molar-refractivity contribution >= 4 is 67.9 Å². The number of rotatable bonds is 10. The van der Waals surface area contributed by atoms with E-state index >= 15 is 0 Å². The fourth-order valence-corrected chi connectivity index (χ4v) is 4.20. The first-order valence-corrected chi connectivity index (χ1v) is 17.4. The molecule has 0 unspecified atom stereocenters. The molecule has 300 valence electrons. The number of esters is 4. The summed E-state index contributed by atoms with van der Waals surface area (Å²) >= 11 is 3.10. The van der Waals surface area contributed by atoms with Crippen molar-refractivity contribution in [3.05, 3.63) is 114 Å². The van der Waals surface area contributed by atoms with E-state index in [0.29, 0.717) is 22.3 Å². The summed E-state index contributed by atoms with van der Waals surface area (Å²) in [6.45, 7) is 10.8. The van der Waals surface area contributed by atoms with Gasteiger partial charge in [-0.05, 0) is 52.8 Å². The number of hydrogen-bond acceptors (Lipinski definition) is 14. The summed E-state index contributed by atoms with van der Waals surface area (Å²) in [6, 6.07) is 20.5. The van der Waals surface area contributed by atoms with Gasteiger partial charge in [0.05, 0.1) is 36.3 Å². The number of nitro groups is 2. The largest absolute Gasteiger partial charge is 1.00 e. The summed E-state index contributed by atoms with van der Waals surface area (Å²) < 4.78 is 18.6. The molecule has 1 heterocycles. The average molecular weight is 859 g/mol. The number of H-pyrrole nitrogens is 1. The summed E-state index contributed by atoms with van der Waals surface area (Å²) in [5.74, 6) is -3.94. The zero-order valence-electron chi connectivity index (χ0n) is 32.2. The standard InChI is InChI=1S/C11H10BrNO5.C11H11NO2.C7H7NO2.C6H10O4.C2H5O.Na.H2/c1-2-18-11(15)10(14)5-7-3-4-8(12)6-9(7)13(16)17;1-2-14-11(13)10-7-8-5-3-4-6-9(8)12-10;1-6-4-2-3-5-7(6)8(9)10;1-3-9-5(7)6(8)10-4-2;1-2-3;;/h3-4,6H,2,5H2,1H3;3-7,12H,2H2,1H3;2-5H,1H3;3-4H2,1-2H3;2H2,1H3;;1H/q;;;;-1;+1;. The number of nitrogens with zero attached hydrogens (tertiary/aromatic N) is 2. The van der Waals surface area contributed by atoms with Crippen LogP contribution in [0.4, 0.5) is 11.4 Å². The molecule has 19 heteroatoms. The minimum atomic E-state index is -0.977. The third-order valence-corrected chi connectivity index (χ3v) is 6.65. The number of ketones is 1. The van der Waals surface area contributed by atoms with Crippen LogP contribution in [-0.4, -0.2) is 77.5 Å². The van der Waals surface area contributed by atoms with E-state index in [2.05, 4.69) is 35.1 Å². The molecule has 4 rings (SSSR count). The van der Waals surface area contributed by atoms with E-state index in [1.165, 1.54) is 18.2 Å². The van der Waals surface area contributed by atoms with Gasteiger partial charge in [-0.15, -0.1) is 6.61 Å². The number of nitro benzene ring substituents is 2. The van der Waals surface area contributed by atoms with Gasteiger partial charge in [0.25, 0.3) is 11.4 Å². The Morgan fingerprint density at radius 2 is 1.18 bits per heavy atom. The molecular weight excluding hydrogens is 813 g/mol. The molecule has 0 amide bonds. The second-order valence-electron chi connectivity index (χ2n) is 10.1. The molecule has 3 aromatic carbocycles. The minimum Gasteiger partial charge on any atom is -0.855 e. The van der Waals surface area contributed by atoms with Crippen LogP contribution in [0.15, 0.2) is 77.3 Å². The molecule has 56 heavy (non-hydrogen) atoms. The number of aryl methyl sites for hydroxylation is 1. The first-order chi connectivity index (χ1) is 26.1.